The Bertz CT molecular complexity index is 496. The Labute approximate surface area is 117 Å². The molecule has 0 radical (unpaired) electrons. The van der Waals surface area contributed by atoms with Crippen LogP contribution in [0.3, 0.4) is 0 Å². The Kier molecular flexibility index (Phi) is 5.16. The van der Waals surface area contributed by atoms with E-state index in [0.717, 1.165) is 26.2 Å². The van der Waals surface area contributed by atoms with Gasteiger partial charge < -0.3 is 19.7 Å². The van der Waals surface area contributed by atoms with E-state index in [2.05, 4.69) is 5.32 Å². The van der Waals surface area contributed by atoms with Crippen molar-refractivity contribution in [2.75, 3.05) is 51.4 Å². The first-order valence-corrected chi connectivity index (χ1v) is 6.58. The van der Waals surface area contributed by atoms with Gasteiger partial charge in [0.2, 0.25) is 0 Å². The third kappa shape index (κ3) is 3.18. The molecule has 0 aromatic heterocycles. The molecule has 1 N–H and O–H groups in total. The van der Waals surface area contributed by atoms with Crippen molar-refractivity contribution in [1.82, 2.24) is 5.32 Å². The molecule has 0 saturated carbocycles. The maximum absolute atomic E-state index is 14.6. The van der Waals surface area contributed by atoms with E-state index >= 15 is 0 Å². The SMILES string of the molecule is COCCOc1c(C#N)ccc(N2CCNCC2)c1F. The van der Waals surface area contributed by atoms with Crippen molar-refractivity contribution in [3.8, 4) is 11.8 Å². The molecule has 0 aliphatic carbocycles. The molecule has 108 valence electrons. The van der Waals surface area contributed by atoms with E-state index in [4.69, 9.17) is 14.7 Å². The third-order valence-corrected chi connectivity index (χ3v) is 3.19. The standard InChI is InChI=1S/C14H18FN3O2/c1-19-8-9-20-14-11(10-16)2-3-12(13(14)15)18-6-4-17-5-7-18/h2-3,17H,4-9H2,1H3. The van der Waals surface area contributed by atoms with Crippen LogP contribution in [0, 0.1) is 17.1 Å². The van der Waals surface area contributed by atoms with Gasteiger partial charge in [0.15, 0.2) is 11.6 Å². The molecule has 0 spiro atoms. The summed E-state index contributed by atoms with van der Waals surface area (Å²) < 4.78 is 24.8. The Morgan fingerprint density at radius 1 is 1.35 bits per heavy atom. The average Bonchev–Trinajstić information content (AvgIpc) is 2.49. The summed E-state index contributed by atoms with van der Waals surface area (Å²) in [6.07, 6.45) is 0. The molecule has 6 heteroatoms. The topological polar surface area (TPSA) is 57.5 Å². The number of rotatable bonds is 5. The van der Waals surface area contributed by atoms with Crippen LogP contribution in [0.25, 0.3) is 0 Å². The largest absolute Gasteiger partial charge is 0.487 e. The predicted molar refractivity (Wildman–Crippen MR) is 73.6 cm³/mol. The highest BCUT2D eigenvalue weighted by Gasteiger charge is 2.20. The van der Waals surface area contributed by atoms with Gasteiger partial charge in [0.1, 0.15) is 12.7 Å². The summed E-state index contributed by atoms with van der Waals surface area (Å²) >= 11 is 0. The fraction of sp³-hybridized carbons (Fsp3) is 0.500. The minimum atomic E-state index is -0.470. The number of nitrogens with zero attached hydrogens (tertiary/aromatic N) is 2. The molecule has 5 nitrogen and oxygen atoms in total. The van der Waals surface area contributed by atoms with Gasteiger partial charge in [0, 0.05) is 33.3 Å². The first-order chi connectivity index (χ1) is 9.77. The number of ether oxygens (including phenoxy) is 2. The highest BCUT2D eigenvalue weighted by molar-refractivity contribution is 5.58. The molecular formula is C14H18FN3O2. The summed E-state index contributed by atoms with van der Waals surface area (Å²) in [7, 11) is 1.54. The number of hydrogen-bond donors (Lipinski definition) is 1. The summed E-state index contributed by atoms with van der Waals surface area (Å²) in [5.74, 6) is -0.456. The average molecular weight is 279 g/mol. The van der Waals surface area contributed by atoms with Crippen molar-refractivity contribution in [3.63, 3.8) is 0 Å². The van der Waals surface area contributed by atoms with Gasteiger partial charge in [-0.3, -0.25) is 0 Å². The molecular weight excluding hydrogens is 261 g/mol. The van der Waals surface area contributed by atoms with Crippen LogP contribution in [0.1, 0.15) is 5.56 Å². The van der Waals surface area contributed by atoms with E-state index in [1.165, 1.54) is 0 Å². The second-order valence-electron chi connectivity index (χ2n) is 4.47. The molecule has 1 saturated heterocycles. The molecule has 0 bridgehead atoms. The highest BCUT2D eigenvalue weighted by atomic mass is 19.1. The maximum atomic E-state index is 14.6. The molecule has 1 fully saturated rings. The van der Waals surface area contributed by atoms with E-state index in [0.29, 0.717) is 12.3 Å². The van der Waals surface area contributed by atoms with Crippen LogP contribution < -0.4 is 15.0 Å². The minimum Gasteiger partial charge on any atom is -0.487 e. The van der Waals surface area contributed by atoms with Crippen LogP contribution in [-0.4, -0.2) is 46.5 Å². The number of nitriles is 1. The Hall–Kier alpha value is -1.84. The fourth-order valence-electron chi connectivity index (χ4n) is 2.15. The first-order valence-electron chi connectivity index (χ1n) is 6.58. The van der Waals surface area contributed by atoms with Crippen molar-refractivity contribution in [2.45, 2.75) is 0 Å². The second kappa shape index (κ2) is 7.08. The van der Waals surface area contributed by atoms with Gasteiger partial charge in [-0.25, -0.2) is 4.39 Å². The summed E-state index contributed by atoms with van der Waals surface area (Å²) in [6.45, 7) is 3.68. The maximum Gasteiger partial charge on any atom is 0.189 e. The van der Waals surface area contributed by atoms with Crippen molar-refractivity contribution in [2.24, 2.45) is 0 Å². The molecule has 1 heterocycles. The third-order valence-electron chi connectivity index (χ3n) is 3.19. The first kappa shape index (κ1) is 14.6. The van der Waals surface area contributed by atoms with E-state index in [1.807, 2.05) is 11.0 Å². The lowest BCUT2D eigenvalue weighted by atomic mass is 10.1. The van der Waals surface area contributed by atoms with Crippen molar-refractivity contribution < 1.29 is 13.9 Å². The van der Waals surface area contributed by atoms with E-state index < -0.39 is 5.82 Å². The zero-order valence-electron chi connectivity index (χ0n) is 11.5. The van der Waals surface area contributed by atoms with Gasteiger partial charge in [0.05, 0.1) is 17.9 Å². The van der Waals surface area contributed by atoms with Crippen LogP contribution in [0.5, 0.6) is 5.75 Å². The number of anilines is 1. The van der Waals surface area contributed by atoms with Gasteiger partial charge >= 0.3 is 0 Å². The van der Waals surface area contributed by atoms with Crippen molar-refractivity contribution in [3.05, 3.63) is 23.5 Å². The lowest BCUT2D eigenvalue weighted by Crippen LogP contribution is -2.43. The zero-order valence-corrected chi connectivity index (χ0v) is 11.5. The molecule has 1 aromatic rings. The van der Waals surface area contributed by atoms with Gasteiger partial charge in [-0.1, -0.05) is 0 Å². The van der Waals surface area contributed by atoms with Crippen LogP contribution in [-0.2, 0) is 4.74 Å². The number of hydrogen-bond acceptors (Lipinski definition) is 5. The van der Waals surface area contributed by atoms with Crippen LogP contribution in [0.15, 0.2) is 12.1 Å². The summed E-state index contributed by atoms with van der Waals surface area (Å²) in [6, 6.07) is 5.20. The smallest absolute Gasteiger partial charge is 0.189 e. The highest BCUT2D eigenvalue weighted by Crippen LogP contribution is 2.31. The zero-order chi connectivity index (χ0) is 14.4. The minimum absolute atomic E-state index is 0.0144. The van der Waals surface area contributed by atoms with Crippen molar-refractivity contribution in [1.29, 1.82) is 5.26 Å². The summed E-state index contributed by atoms with van der Waals surface area (Å²) in [5.41, 5.74) is 0.690. The molecule has 20 heavy (non-hydrogen) atoms. The Morgan fingerprint density at radius 3 is 2.75 bits per heavy atom. The summed E-state index contributed by atoms with van der Waals surface area (Å²) in [4.78, 5) is 1.95. The monoisotopic (exact) mass is 279 g/mol. The van der Waals surface area contributed by atoms with E-state index in [-0.39, 0.29) is 17.9 Å². The van der Waals surface area contributed by atoms with Crippen LogP contribution in [0.2, 0.25) is 0 Å². The quantitative estimate of drug-likeness (QED) is 0.819. The molecule has 0 unspecified atom stereocenters. The van der Waals surface area contributed by atoms with Crippen LogP contribution >= 0.6 is 0 Å². The molecule has 0 amide bonds. The van der Waals surface area contributed by atoms with Gasteiger partial charge in [-0.05, 0) is 12.1 Å². The molecule has 1 aliphatic rings. The van der Waals surface area contributed by atoms with Gasteiger partial charge in [-0.2, -0.15) is 5.26 Å². The van der Waals surface area contributed by atoms with Crippen LogP contribution in [0.4, 0.5) is 10.1 Å². The van der Waals surface area contributed by atoms with Crippen molar-refractivity contribution >= 4 is 5.69 Å². The fourth-order valence-corrected chi connectivity index (χ4v) is 2.15. The van der Waals surface area contributed by atoms with E-state index in [1.54, 1.807) is 19.2 Å². The lowest BCUT2D eigenvalue weighted by molar-refractivity contribution is 0.143. The predicted octanol–water partition coefficient (Wildman–Crippen LogP) is 1.13. The Balaban J connectivity index is 2.25. The lowest BCUT2D eigenvalue weighted by Gasteiger charge is -2.30. The molecule has 2 rings (SSSR count). The van der Waals surface area contributed by atoms with Gasteiger partial charge in [-0.15, -0.1) is 0 Å². The molecule has 0 atom stereocenters. The molecule has 1 aromatic carbocycles. The number of methoxy groups -OCH3 is 1. The normalized spacial score (nSPS) is 14.9. The summed E-state index contributed by atoms with van der Waals surface area (Å²) in [5, 5.41) is 12.3. The van der Waals surface area contributed by atoms with Gasteiger partial charge in [0.25, 0.3) is 0 Å². The number of benzene rings is 1. The molecule has 1 aliphatic heterocycles. The second-order valence-corrected chi connectivity index (χ2v) is 4.47. The number of piperazine rings is 1. The van der Waals surface area contributed by atoms with E-state index in [9.17, 15) is 4.39 Å². The number of halogens is 1. The Morgan fingerprint density at radius 2 is 2.10 bits per heavy atom. The number of nitrogens with one attached hydrogen (secondary N) is 1.